The lowest BCUT2D eigenvalue weighted by Gasteiger charge is -2.33. The molecule has 1 N–H and O–H groups in total. The summed E-state index contributed by atoms with van der Waals surface area (Å²) < 4.78 is 32.2. The fourth-order valence-corrected chi connectivity index (χ4v) is 5.67. The normalized spacial score (nSPS) is 16.9. The number of benzene rings is 3. The second-order valence-corrected chi connectivity index (χ2v) is 11.0. The molecule has 0 radical (unpaired) electrons. The quantitative estimate of drug-likeness (QED) is 0.302. The van der Waals surface area contributed by atoms with E-state index in [0.717, 1.165) is 76.2 Å². The number of nitrogens with one attached hydrogen (secondary N) is 1. The Morgan fingerprint density at radius 1 is 0.854 bits per heavy atom. The van der Waals surface area contributed by atoms with Gasteiger partial charge in [-0.05, 0) is 125 Å². The van der Waals surface area contributed by atoms with E-state index < -0.39 is 11.6 Å². The fourth-order valence-electron chi connectivity index (χ4n) is 5.67. The highest BCUT2D eigenvalue weighted by atomic mass is 35.5. The molecule has 0 bridgehead atoms. The molecule has 41 heavy (non-hydrogen) atoms. The van der Waals surface area contributed by atoms with Crippen molar-refractivity contribution in [2.75, 3.05) is 38.5 Å². The maximum Gasteiger partial charge on any atom is 0.227 e. The van der Waals surface area contributed by atoms with Crippen LogP contribution in [0.2, 0.25) is 0 Å². The largest absolute Gasteiger partial charge is 0.457 e. The predicted octanol–water partition coefficient (Wildman–Crippen LogP) is 7.57. The van der Waals surface area contributed by atoms with Crippen molar-refractivity contribution in [3.63, 3.8) is 0 Å². The van der Waals surface area contributed by atoms with Gasteiger partial charge in [0.1, 0.15) is 11.5 Å². The number of carbonyl (C=O) groups excluding carboxylic acids is 1. The number of rotatable bonds is 7. The lowest BCUT2D eigenvalue weighted by Crippen LogP contribution is -2.36. The highest BCUT2D eigenvalue weighted by molar-refractivity contribution is 5.92. The number of hydrogen-bond donors (Lipinski definition) is 1. The van der Waals surface area contributed by atoms with Gasteiger partial charge >= 0.3 is 0 Å². The molecule has 0 saturated carbocycles. The molecule has 0 atom stereocenters. The summed E-state index contributed by atoms with van der Waals surface area (Å²) in [6, 6.07) is 17.6. The minimum absolute atomic E-state index is 0. The third kappa shape index (κ3) is 8.65. The van der Waals surface area contributed by atoms with Gasteiger partial charge in [-0.25, -0.2) is 8.78 Å². The summed E-state index contributed by atoms with van der Waals surface area (Å²) in [5.41, 5.74) is 4.71. The first-order chi connectivity index (χ1) is 18.8. The van der Waals surface area contributed by atoms with Crippen LogP contribution < -0.4 is 10.1 Å². The second-order valence-electron chi connectivity index (χ2n) is 11.0. The van der Waals surface area contributed by atoms with Crippen LogP contribution in [-0.2, 0) is 11.3 Å². The van der Waals surface area contributed by atoms with E-state index in [-0.39, 0.29) is 42.4 Å². The van der Waals surface area contributed by atoms with Gasteiger partial charge in [0.15, 0.2) is 11.6 Å². The Morgan fingerprint density at radius 3 is 2.17 bits per heavy atom. The van der Waals surface area contributed by atoms with Crippen LogP contribution in [0.15, 0.2) is 60.7 Å². The summed E-state index contributed by atoms with van der Waals surface area (Å²) >= 11 is 0. The minimum Gasteiger partial charge on any atom is -0.457 e. The first-order valence-electron chi connectivity index (χ1n) is 13.9. The van der Waals surface area contributed by atoms with Gasteiger partial charge in [0, 0.05) is 24.2 Å². The molecule has 2 saturated heterocycles. The van der Waals surface area contributed by atoms with Crippen LogP contribution in [0, 0.1) is 24.5 Å². The molecule has 0 spiro atoms. The minimum atomic E-state index is -0.924. The Bertz CT molecular complexity index is 1290. The number of ether oxygens (including phenoxy) is 1. The first-order valence-corrected chi connectivity index (χ1v) is 13.9. The predicted molar refractivity (Wildman–Crippen MR) is 165 cm³/mol. The van der Waals surface area contributed by atoms with Crippen molar-refractivity contribution >= 4 is 36.4 Å². The van der Waals surface area contributed by atoms with E-state index in [4.69, 9.17) is 4.74 Å². The van der Waals surface area contributed by atoms with E-state index in [1.165, 1.54) is 22.8 Å². The average molecular weight is 607 g/mol. The van der Waals surface area contributed by atoms with Crippen LogP contribution in [0.3, 0.4) is 0 Å². The highest BCUT2D eigenvalue weighted by Crippen LogP contribution is 2.33. The summed E-state index contributed by atoms with van der Waals surface area (Å²) in [5.74, 6) is -0.236. The Balaban J connectivity index is 0.00000231. The summed E-state index contributed by atoms with van der Waals surface area (Å²) in [5, 5.41) is 3.19. The molecule has 5 rings (SSSR count). The van der Waals surface area contributed by atoms with Crippen LogP contribution in [-0.4, -0.2) is 48.9 Å². The topological polar surface area (TPSA) is 44.8 Å². The van der Waals surface area contributed by atoms with Crippen LogP contribution in [0.25, 0.3) is 0 Å². The van der Waals surface area contributed by atoms with Gasteiger partial charge in [0.25, 0.3) is 0 Å². The van der Waals surface area contributed by atoms with Gasteiger partial charge in [-0.15, -0.1) is 24.8 Å². The van der Waals surface area contributed by atoms with E-state index in [1.54, 1.807) is 0 Å². The van der Waals surface area contributed by atoms with E-state index in [9.17, 15) is 13.6 Å². The molecule has 2 heterocycles. The molecule has 9 heteroatoms. The van der Waals surface area contributed by atoms with E-state index in [0.29, 0.717) is 11.7 Å². The van der Waals surface area contributed by atoms with Gasteiger partial charge in [-0.1, -0.05) is 18.2 Å². The van der Waals surface area contributed by atoms with Crippen molar-refractivity contribution < 1.29 is 18.3 Å². The van der Waals surface area contributed by atoms with Crippen LogP contribution in [0.5, 0.6) is 11.5 Å². The van der Waals surface area contributed by atoms with Crippen molar-refractivity contribution in [3.8, 4) is 11.5 Å². The molecular formula is C32H39Cl2F2N3O2. The number of hydrogen-bond acceptors (Lipinski definition) is 4. The third-order valence-corrected chi connectivity index (χ3v) is 8.12. The number of anilines is 1. The number of aryl methyl sites for hydroxylation is 1. The monoisotopic (exact) mass is 605 g/mol. The number of piperidine rings is 2. The molecule has 2 aliphatic heterocycles. The Morgan fingerprint density at radius 2 is 1.51 bits per heavy atom. The summed E-state index contributed by atoms with van der Waals surface area (Å²) in [7, 11) is 2.11. The maximum absolute atomic E-state index is 13.4. The van der Waals surface area contributed by atoms with Gasteiger partial charge in [0.05, 0.1) is 0 Å². The fraction of sp³-hybridized carbons (Fsp3) is 0.406. The molecule has 222 valence electrons. The van der Waals surface area contributed by atoms with Gasteiger partial charge < -0.3 is 15.0 Å². The zero-order valence-corrected chi connectivity index (χ0v) is 25.2. The number of likely N-dealkylation sites (tertiary alicyclic amines) is 2. The number of carbonyl (C=O) groups is 1. The molecule has 0 aromatic heterocycles. The summed E-state index contributed by atoms with van der Waals surface area (Å²) in [6.07, 6.45) is 3.99. The number of amides is 1. The van der Waals surface area contributed by atoms with Crippen LogP contribution >= 0.6 is 24.8 Å². The molecule has 0 unspecified atom stereocenters. The van der Waals surface area contributed by atoms with Crippen LogP contribution in [0.4, 0.5) is 14.5 Å². The van der Waals surface area contributed by atoms with Crippen molar-refractivity contribution in [3.05, 3.63) is 89.0 Å². The third-order valence-electron chi connectivity index (χ3n) is 8.12. The van der Waals surface area contributed by atoms with Crippen LogP contribution in [0.1, 0.15) is 48.3 Å². The molecule has 5 nitrogen and oxygen atoms in total. The number of halogens is 4. The standard InChI is InChI=1S/C32H37F2N3O2.2ClH/c1-22-3-6-26(35-32(38)25-11-15-36(2)16-12-25)19-29(22)24-13-17-37(18-14-24)21-23-4-7-27(8-5-23)39-28-9-10-30(33)31(34)20-28;;/h3-10,19-20,24-25H,11-18,21H2,1-2H3,(H,35,38);2*1H. The van der Waals surface area contributed by atoms with E-state index in [1.807, 2.05) is 30.3 Å². The molecule has 2 fully saturated rings. The van der Waals surface area contributed by atoms with Crippen molar-refractivity contribution in [2.24, 2.45) is 5.92 Å². The Hall–Kier alpha value is -2.71. The lowest BCUT2D eigenvalue weighted by molar-refractivity contribution is -0.121. The molecule has 1 amide bonds. The van der Waals surface area contributed by atoms with Gasteiger partial charge in [-0.2, -0.15) is 0 Å². The van der Waals surface area contributed by atoms with Gasteiger partial charge in [0.2, 0.25) is 5.91 Å². The zero-order chi connectivity index (χ0) is 27.4. The summed E-state index contributed by atoms with van der Waals surface area (Å²) in [6.45, 7) is 6.97. The highest BCUT2D eigenvalue weighted by Gasteiger charge is 2.25. The molecule has 0 aliphatic carbocycles. The maximum atomic E-state index is 13.4. The van der Waals surface area contributed by atoms with E-state index in [2.05, 4.69) is 41.2 Å². The molecule has 3 aromatic rings. The molecular weight excluding hydrogens is 567 g/mol. The summed E-state index contributed by atoms with van der Waals surface area (Å²) in [4.78, 5) is 17.6. The first kappa shape index (κ1) is 32.8. The average Bonchev–Trinajstić information content (AvgIpc) is 2.94. The molecule has 3 aromatic carbocycles. The Labute approximate surface area is 254 Å². The lowest BCUT2D eigenvalue weighted by atomic mass is 9.86. The second kappa shape index (κ2) is 15.0. The van der Waals surface area contributed by atoms with Gasteiger partial charge in [-0.3, -0.25) is 9.69 Å². The zero-order valence-electron chi connectivity index (χ0n) is 23.6. The smallest absolute Gasteiger partial charge is 0.227 e. The number of nitrogens with zero attached hydrogens (tertiary/aromatic N) is 2. The van der Waals surface area contributed by atoms with Crippen molar-refractivity contribution in [1.82, 2.24) is 9.80 Å². The SMILES string of the molecule is Cc1ccc(NC(=O)C2CCN(C)CC2)cc1C1CCN(Cc2ccc(Oc3ccc(F)c(F)c3)cc2)CC1.Cl.Cl. The van der Waals surface area contributed by atoms with Crippen molar-refractivity contribution in [1.29, 1.82) is 0 Å². The molecule has 2 aliphatic rings. The Kier molecular flexibility index (Phi) is 12.0. The van der Waals surface area contributed by atoms with E-state index >= 15 is 0 Å². The van der Waals surface area contributed by atoms with Crippen molar-refractivity contribution in [2.45, 2.75) is 45.1 Å².